The molecule has 1 unspecified atom stereocenters. The number of aliphatic hydroxyl groups is 1. The second-order valence-electron chi connectivity index (χ2n) is 3.47. The lowest BCUT2D eigenvalue weighted by molar-refractivity contribution is 0.164. The Morgan fingerprint density at radius 1 is 1.60 bits per heavy atom. The van der Waals surface area contributed by atoms with Crippen LogP contribution in [0.3, 0.4) is 0 Å². The molecule has 5 heteroatoms. The first-order valence-electron chi connectivity index (χ1n) is 5.15. The zero-order valence-corrected chi connectivity index (χ0v) is 9.07. The summed E-state index contributed by atoms with van der Waals surface area (Å²) in [7, 11) is 0. The molecular formula is C10H20N2O3. The van der Waals surface area contributed by atoms with E-state index in [0.29, 0.717) is 12.1 Å². The Kier molecular flexibility index (Phi) is 7.44. The van der Waals surface area contributed by atoms with Gasteiger partial charge in [0.15, 0.2) is 0 Å². The van der Waals surface area contributed by atoms with Crippen molar-refractivity contribution in [2.24, 2.45) is 5.73 Å². The highest BCUT2D eigenvalue weighted by Crippen LogP contribution is 2.05. The molecule has 0 aliphatic carbocycles. The minimum absolute atomic E-state index is 0.107. The number of nitrogens with two attached hydrogens (primary N) is 1. The fourth-order valence-electron chi connectivity index (χ4n) is 1.09. The van der Waals surface area contributed by atoms with Crippen molar-refractivity contribution < 1.29 is 15.0 Å². The monoisotopic (exact) mass is 216 g/mol. The molecule has 0 radical (unpaired) electrons. The molecule has 0 heterocycles. The predicted octanol–water partition coefficient (Wildman–Crippen LogP) is 1.04. The number of unbranched alkanes of at least 4 members (excludes halogenated alkanes) is 1. The van der Waals surface area contributed by atoms with E-state index in [0.717, 1.165) is 19.3 Å². The number of hydrogen-bond donors (Lipinski definition) is 4. The third kappa shape index (κ3) is 9.08. The van der Waals surface area contributed by atoms with Crippen molar-refractivity contribution in [1.82, 2.24) is 5.32 Å². The van der Waals surface area contributed by atoms with Crippen LogP contribution in [0.5, 0.6) is 0 Å². The fraction of sp³-hybridized carbons (Fsp3) is 0.700. The van der Waals surface area contributed by atoms with Crippen molar-refractivity contribution in [2.45, 2.75) is 38.7 Å². The van der Waals surface area contributed by atoms with Crippen LogP contribution in [-0.4, -0.2) is 29.0 Å². The lowest BCUT2D eigenvalue weighted by atomic mass is 10.1. The maximum atomic E-state index is 10.1. The van der Waals surface area contributed by atoms with Crippen LogP contribution in [-0.2, 0) is 0 Å². The molecule has 0 aromatic heterocycles. The third-order valence-electron chi connectivity index (χ3n) is 1.99. The van der Waals surface area contributed by atoms with Gasteiger partial charge in [0.2, 0.25) is 0 Å². The van der Waals surface area contributed by atoms with E-state index in [1.54, 1.807) is 6.08 Å². The van der Waals surface area contributed by atoms with E-state index in [-0.39, 0.29) is 12.6 Å². The number of carboxylic acid groups (broad SMARTS) is 1. The second-order valence-corrected chi connectivity index (χ2v) is 3.47. The molecule has 5 N–H and O–H groups in total. The van der Waals surface area contributed by atoms with Crippen LogP contribution < -0.4 is 11.1 Å². The number of hydrogen-bond acceptors (Lipinski definition) is 3. The lowest BCUT2D eigenvalue weighted by Crippen LogP contribution is -2.26. The van der Waals surface area contributed by atoms with Gasteiger partial charge < -0.3 is 21.3 Å². The van der Waals surface area contributed by atoms with Crippen LogP contribution in [0, 0.1) is 0 Å². The Hall–Kier alpha value is -1.23. The molecule has 0 spiro atoms. The van der Waals surface area contributed by atoms with Crippen LogP contribution in [0.2, 0.25) is 0 Å². The molecule has 0 fully saturated rings. The van der Waals surface area contributed by atoms with Crippen LogP contribution in [0.15, 0.2) is 11.8 Å². The Morgan fingerprint density at radius 2 is 2.27 bits per heavy atom. The molecule has 1 amide bonds. The molecule has 0 aliphatic rings. The van der Waals surface area contributed by atoms with Gasteiger partial charge in [-0.2, -0.15) is 0 Å². The van der Waals surface area contributed by atoms with Crippen LogP contribution in [0.1, 0.15) is 32.6 Å². The fourth-order valence-corrected chi connectivity index (χ4v) is 1.09. The van der Waals surface area contributed by atoms with Crippen molar-refractivity contribution in [2.75, 3.05) is 6.54 Å². The maximum Gasteiger partial charge on any atom is 0.404 e. The van der Waals surface area contributed by atoms with Gasteiger partial charge in [0, 0.05) is 5.70 Å². The van der Waals surface area contributed by atoms with Crippen LogP contribution >= 0.6 is 0 Å². The van der Waals surface area contributed by atoms with Crippen molar-refractivity contribution >= 4 is 6.09 Å². The number of rotatable bonds is 7. The van der Waals surface area contributed by atoms with Gasteiger partial charge in [-0.15, -0.1) is 0 Å². The molecule has 0 saturated carbocycles. The summed E-state index contributed by atoms with van der Waals surface area (Å²) in [5, 5.41) is 19.9. The van der Waals surface area contributed by atoms with Crippen molar-refractivity contribution in [3.63, 3.8) is 0 Å². The molecule has 15 heavy (non-hydrogen) atoms. The van der Waals surface area contributed by atoms with Gasteiger partial charge in [-0.05, 0) is 12.8 Å². The average Bonchev–Trinajstić information content (AvgIpc) is 2.20. The first-order valence-corrected chi connectivity index (χ1v) is 5.15. The van der Waals surface area contributed by atoms with E-state index >= 15 is 0 Å². The summed E-state index contributed by atoms with van der Waals surface area (Å²) in [5.74, 6) is 0. The van der Waals surface area contributed by atoms with Gasteiger partial charge in [0.05, 0.1) is 12.6 Å². The van der Waals surface area contributed by atoms with Gasteiger partial charge in [-0.25, -0.2) is 4.79 Å². The zero-order valence-electron chi connectivity index (χ0n) is 9.07. The van der Waals surface area contributed by atoms with Gasteiger partial charge in [-0.1, -0.05) is 25.8 Å². The molecule has 88 valence electrons. The van der Waals surface area contributed by atoms with E-state index in [2.05, 4.69) is 12.2 Å². The van der Waals surface area contributed by atoms with Gasteiger partial charge in [-0.3, -0.25) is 0 Å². The number of aliphatic hydroxyl groups excluding tert-OH is 1. The third-order valence-corrected chi connectivity index (χ3v) is 1.99. The molecule has 0 saturated heterocycles. The molecule has 5 nitrogen and oxygen atoms in total. The zero-order chi connectivity index (χ0) is 11.7. The number of nitrogens with one attached hydrogen (secondary N) is 1. The summed E-state index contributed by atoms with van der Waals surface area (Å²) in [5.41, 5.74) is 5.96. The van der Waals surface area contributed by atoms with E-state index < -0.39 is 6.09 Å². The summed E-state index contributed by atoms with van der Waals surface area (Å²) in [6.45, 7) is 2.17. The molecule has 1 atom stereocenters. The summed E-state index contributed by atoms with van der Waals surface area (Å²) in [6.07, 6.45) is 3.46. The normalized spacial score (nSPS) is 13.6. The summed E-state index contributed by atoms with van der Waals surface area (Å²) in [6, 6.07) is 0. The highest BCUT2D eigenvalue weighted by atomic mass is 16.4. The highest BCUT2D eigenvalue weighted by molar-refractivity contribution is 5.64. The van der Waals surface area contributed by atoms with Crippen LogP contribution in [0.25, 0.3) is 0 Å². The lowest BCUT2D eigenvalue weighted by Gasteiger charge is -2.07. The Morgan fingerprint density at radius 3 is 2.80 bits per heavy atom. The van der Waals surface area contributed by atoms with Gasteiger partial charge in [0.1, 0.15) is 0 Å². The largest absolute Gasteiger partial charge is 0.465 e. The number of amides is 1. The minimum Gasteiger partial charge on any atom is -0.465 e. The topological polar surface area (TPSA) is 95.6 Å². The quantitative estimate of drug-likeness (QED) is 0.511. The first kappa shape index (κ1) is 13.8. The Labute approximate surface area is 90.0 Å². The highest BCUT2D eigenvalue weighted by Gasteiger charge is 2.01. The smallest absolute Gasteiger partial charge is 0.404 e. The molecular weight excluding hydrogens is 196 g/mol. The molecule has 0 rings (SSSR count). The average molecular weight is 216 g/mol. The minimum atomic E-state index is -1.10. The standard InChI is InChI=1S/C10H20N2O3/c1-2-3-4-9(13)6-5-8(11)7-12-10(14)15/h5,9,12-13H,2-4,6-7,11H2,1H3,(H,14,15). The Balaban J connectivity index is 3.68. The van der Waals surface area contributed by atoms with E-state index in [9.17, 15) is 9.90 Å². The second kappa shape index (κ2) is 8.11. The van der Waals surface area contributed by atoms with E-state index in [1.807, 2.05) is 0 Å². The molecule has 0 aromatic carbocycles. The van der Waals surface area contributed by atoms with Crippen molar-refractivity contribution in [3.8, 4) is 0 Å². The SMILES string of the molecule is CCCCC(O)CC=C(N)CNC(=O)O. The summed E-state index contributed by atoms with van der Waals surface area (Å²) < 4.78 is 0. The van der Waals surface area contributed by atoms with Crippen molar-refractivity contribution in [1.29, 1.82) is 0 Å². The van der Waals surface area contributed by atoms with E-state index in [1.165, 1.54) is 0 Å². The van der Waals surface area contributed by atoms with E-state index in [4.69, 9.17) is 10.8 Å². The van der Waals surface area contributed by atoms with Gasteiger partial charge in [0.25, 0.3) is 0 Å². The Bertz CT molecular complexity index is 217. The van der Waals surface area contributed by atoms with Gasteiger partial charge >= 0.3 is 6.09 Å². The summed E-state index contributed by atoms with van der Waals surface area (Å²) in [4.78, 5) is 10.1. The summed E-state index contributed by atoms with van der Waals surface area (Å²) >= 11 is 0. The maximum absolute atomic E-state index is 10.1. The first-order chi connectivity index (χ1) is 7.06. The predicted molar refractivity (Wildman–Crippen MR) is 58.4 cm³/mol. The molecule has 0 aromatic rings. The van der Waals surface area contributed by atoms with Crippen LogP contribution in [0.4, 0.5) is 4.79 Å². The molecule has 0 bridgehead atoms. The van der Waals surface area contributed by atoms with Crippen molar-refractivity contribution in [3.05, 3.63) is 11.8 Å². The number of carbonyl (C=O) groups is 1. The molecule has 0 aliphatic heterocycles.